The number of thiophene rings is 1. The van der Waals surface area contributed by atoms with Crippen molar-refractivity contribution in [3.63, 3.8) is 0 Å². The van der Waals surface area contributed by atoms with Gasteiger partial charge in [0.05, 0.1) is 22.7 Å². The third-order valence-corrected chi connectivity index (χ3v) is 6.25. The summed E-state index contributed by atoms with van der Waals surface area (Å²) < 4.78 is 1.98. The van der Waals surface area contributed by atoms with Crippen molar-refractivity contribution in [2.45, 2.75) is 39.8 Å². The summed E-state index contributed by atoms with van der Waals surface area (Å²) in [6.07, 6.45) is 0. The Hall–Kier alpha value is -2.18. The maximum Gasteiger partial charge on any atom is 0.261 e. The Morgan fingerprint density at radius 2 is 2.04 bits per heavy atom. The van der Waals surface area contributed by atoms with Crippen LogP contribution in [0.2, 0.25) is 0 Å². The van der Waals surface area contributed by atoms with E-state index in [4.69, 9.17) is 5.73 Å². The fourth-order valence-corrected chi connectivity index (χ4v) is 3.90. The molecular weight excluding hydrogens is 344 g/mol. The van der Waals surface area contributed by atoms with Crippen molar-refractivity contribution >= 4 is 27.5 Å². The highest BCUT2D eigenvalue weighted by molar-refractivity contribution is 7.20. The van der Waals surface area contributed by atoms with E-state index >= 15 is 0 Å². The monoisotopic (exact) mass is 370 g/mol. The van der Waals surface area contributed by atoms with Gasteiger partial charge in [-0.05, 0) is 31.4 Å². The second kappa shape index (κ2) is 7.21. The van der Waals surface area contributed by atoms with E-state index in [1.807, 2.05) is 42.8 Å². The topological polar surface area (TPSA) is 72.9 Å². The van der Waals surface area contributed by atoms with Gasteiger partial charge in [-0.1, -0.05) is 44.2 Å². The van der Waals surface area contributed by atoms with Crippen LogP contribution < -0.4 is 11.1 Å². The smallest absolute Gasteiger partial charge is 0.261 e. The largest absolute Gasteiger partial charge is 0.345 e. The first-order valence-corrected chi connectivity index (χ1v) is 9.69. The first-order chi connectivity index (χ1) is 12.3. The van der Waals surface area contributed by atoms with Crippen LogP contribution in [0.25, 0.3) is 10.2 Å². The maximum absolute atomic E-state index is 12.8. The summed E-state index contributed by atoms with van der Waals surface area (Å²) in [5.41, 5.74) is 7.61. The van der Waals surface area contributed by atoms with Crippen LogP contribution in [0.4, 0.5) is 0 Å². The molecule has 0 aliphatic heterocycles. The Morgan fingerprint density at radius 1 is 1.35 bits per heavy atom. The molecule has 1 amide bonds. The Balaban J connectivity index is 1.90. The van der Waals surface area contributed by atoms with Gasteiger partial charge in [0.1, 0.15) is 4.83 Å². The van der Waals surface area contributed by atoms with Gasteiger partial charge in [-0.2, -0.15) is 5.10 Å². The molecule has 1 atom stereocenters. The molecule has 138 valence electrons. The zero-order valence-corrected chi connectivity index (χ0v) is 16.6. The highest BCUT2D eigenvalue weighted by atomic mass is 32.1. The fraction of sp³-hybridized carbons (Fsp3) is 0.400. The normalized spacial score (nSPS) is 13.9. The molecule has 0 aliphatic carbocycles. The Bertz CT molecular complexity index is 913. The fourth-order valence-electron chi connectivity index (χ4n) is 2.84. The predicted octanol–water partition coefficient (Wildman–Crippen LogP) is 3.56. The van der Waals surface area contributed by atoms with Crippen LogP contribution >= 0.6 is 11.3 Å². The van der Waals surface area contributed by atoms with Gasteiger partial charge < -0.3 is 11.1 Å². The number of benzene rings is 1. The zero-order chi connectivity index (χ0) is 18.9. The minimum Gasteiger partial charge on any atom is -0.345 e. The number of amides is 1. The number of carbonyl (C=O) groups is 1. The molecule has 2 aromatic heterocycles. The molecule has 0 fully saturated rings. The molecule has 3 rings (SSSR count). The molecule has 0 spiro atoms. The SMILES string of the molecule is Cc1nn(Cc2ccccc2)c2sc(C(=O)NC(C)(CN)C(C)C)cc12. The van der Waals surface area contributed by atoms with Crippen LogP contribution in [-0.4, -0.2) is 27.8 Å². The van der Waals surface area contributed by atoms with Crippen LogP contribution in [-0.2, 0) is 6.54 Å². The number of nitrogens with one attached hydrogen (secondary N) is 1. The predicted molar refractivity (Wildman–Crippen MR) is 108 cm³/mol. The zero-order valence-electron chi connectivity index (χ0n) is 15.7. The lowest BCUT2D eigenvalue weighted by Gasteiger charge is -2.33. The van der Waals surface area contributed by atoms with Gasteiger partial charge in [-0.15, -0.1) is 11.3 Å². The molecule has 0 radical (unpaired) electrons. The molecule has 6 heteroatoms. The van der Waals surface area contributed by atoms with Crippen molar-refractivity contribution in [2.75, 3.05) is 6.54 Å². The lowest BCUT2D eigenvalue weighted by Crippen LogP contribution is -2.54. The van der Waals surface area contributed by atoms with Gasteiger partial charge in [0.25, 0.3) is 5.91 Å². The molecule has 2 heterocycles. The summed E-state index contributed by atoms with van der Waals surface area (Å²) in [5, 5.41) is 8.79. The van der Waals surface area contributed by atoms with Crippen molar-refractivity contribution in [3.05, 3.63) is 52.5 Å². The van der Waals surface area contributed by atoms with E-state index in [0.29, 0.717) is 18.0 Å². The molecular formula is C20H26N4OS. The van der Waals surface area contributed by atoms with E-state index in [-0.39, 0.29) is 11.8 Å². The van der Waals surface area contributed by atoms with E-state index in [2.05, 4.69) is 36.4 Å². The number of hydrogen-bond acceptors (Lipinski definition) is 4. The number of carbonyl (C=O) groups excluding carboxylic acids is 1. The van der Waals surface area contributed by atoms with Crippen molar-refractivity contribution in [3.8, 4) is 0 Å². The minimum atomic E-state index is -0.418. The van der Waals surface area contributed by atoms with E-state index < -0.39 is 5.54 Å². The van der Waals surface area contributed by atoms with Crippen LogP contribution in [0.3, 0.4) is 0 Å². The summed E-state index contributed by atoms with van der Waals surface area (Å²) in [4.78, 5) is 14.5. The van der Waals surface area contributed by atoms with Crippen LogP contribution in [0.5, 0.6) is 0 Å². The van der Waals surface area contributed by atoms with E-state index in [9.17, 15) is 4.79 Å². The van der Waals surface area contributed by atoms with Crippen LogP contribution in [0.1, 0.15) is 41.7 Å². The number of fused-ring (bicyclic) bond motifs is 1. The van der Waals surface area contributed by atoms with Crippen molar-refractivity contribution in [1.29, 1.82) is 0 Å². The van der Waals surface area contributed by atoms with Gasteiger partial charge in [-0.25, -0.2) is 0 Å². The molecule has 0 aliphatic rings. The average Bonchev–Trinajstić information content (AvgIpc) is 3.17. The van der Waals surface area contributed by atoms with Crippen LogP contribution in [0, 0.1) is 12.8 Å². The summed E-state index contributed by atoms with van der Waals surface area (Å²) in [7, 11) is 0. The maximum atomic E-state index is 12.8. The number of aromatic nitrogens is 2. The first-order valence-electron chi connectivity index (χ1n) is 8.87. The molecule has 0 saturated carbocycles. The molecule has 5 nitrogen and oxygen atoms in total. The minimum absolute atomic E-state index is 0.0708. The van der Waals surface area contributed by atoms with Crippen LogP contribution in [0.15, 0.2) is 36.4 Å². The van der Waals surface area contributed by atoms with E-state index in [0.717, 1.165) is 15.9 Å². The van der Waals surface area contributed by atoms with E-state index in [1.54, 1.807) is 0 Å². The van der Waals surface area contributed by atoms with E-state index in [1.165, 1.54) is 16.9 Å². The molecule has 0 bridgehead atoms. The first kappa shape index (κ1) is 18.6. The highest BCUT2D eigenvalue weighted by Gasteiger charge is 2.29. The second-order valence-electron chi connectivity index (χ2n) is 7.29. The van der Waals surface area contributed by atoms with Gasteiger partial charge in [0.15, 0.2) is 0 Å². The summed E-state index contributed by atoms with van der Waals surface area (Å²) in [5.74, 6) is 0.180. The Labute approximate surface area is 158 Å². The summed E-state index contributed by atoms with van der Waals surface area (Å²) >= 11 is 1.48. The molecule has 3 aromatic rings. The third-order valence-electron chi connectivity index (χ3n) is 5.10. The quantitative estimate of drug-likeness (QED) is 0.697. The van der Waals surface area contributed by atoms with Gasteiger partial charge in [-0.3, -0.25) is 9.48 Å². The van der Waals surface area contributed by atoms with Crippen molar-refractivity contribution in [1.82, 2.24) is 15.1 Å². The Morgan fingerprint density at radius 3 is 2.65 bits per heavy atom. The van der Waals surface area contributed by atoms with Crippen molar-refractivity contribution in [2.24, 2.45) is 11.7 Å². The second-order valence-corrected chi connectivity index (χ2v) is 8.32. The number of nitrogens with zero attached hydrogens (tertiary/aromatic N) is 2. The van der Waals surface area contributed by atoms with Gasteiger partial charge in [0.2, 0.25) is 0 Å². The van der Waals surface area contributed by atoms with Crippen molar-refractivity contribution < 1.29 is 4.79 Å². The summed E-state index contributed by atoms with van der Waals surface area (Å²) in [6, 6.07) is 12.2. The summed E-state index contributed by atoms with van der Waals surface area (Å²) in [6.45, 7) is 9.21. The molecule has 1 unspecified atom stereocenters. The number of aryl methyl sites for hydroxylation is 1. The standard InChI is InChI=1S/C20H26N4OS/c1-13(2)20(4,12-21)22-18(25)17-10-16-14(3)23-24(19(16)26-17)11-15-8-6-5-7-9-15/h5-10,13H,11-12,21H2,1-4H3,(H,22,25). The highest BCUT2D eigenvalue weighted by Crippen LogP contribution is 2.29. The number of rotatable bonds is 6. The molecule has 1 aromatic carbocycles. The number of nitrogens with two attached hydrogens (primary N) is 1. The average molecular weight is 371 g/mol. The lowest BCUT2D eigenvalue weighted by molar-refractivity contribution is 0.0887. The lowest BCUT2D eigenvalue weighted by atomic mass is 9.88. The van der Waals surface area contributed by atoms with Gasteiger partial charge in [0, 0.05) is 11.9 Å². The number of hydrogen-bond donors (Lipinski definition) is 2. The molecule has 26 heavy (non-hydrogen) atoms. The third kappa shape index (κ3) is 3.52. The Kier molecular flexibility index (Phi) is 5.16. The molecule has 3 N–H and O–H groups in total. The van der Waals surface area contributed by atoms with Gasteiger partial charge >= 0.3 is 0 Å². The molecule has 0 saturated heterocycles.